The molecule has 0 bridgehead atoms. The van der Waals surface area contributed by atoms with Gasteiger partial charge in [-0.05, 0) is 47.3 Å². The van der Waals surface area contributed by atoms with Crippen LogP contribution in [0.15, 0.2) is 48.5 Å². The zero-order valence-electron chi connectivity index (χ0n) is 15.4. The molecule has 3 rings (SSSR count). The highest BCUT2D eigenvalue weighted by Gasteiger charge is 2.16. The number of esters is 1. The number of halogens is 2. The first-order valence-corrected chi connectivity index (χ1v) is 9.30. The van der Waals surface area contributed by atoms with Gasteiger partial charge in [0.1, 0.15) is 5.75 Å². The monoisotopic (exact) mass is 433 g/mol. The SMILES string of the molecule is COC(=O)c1cc(OCC(=O)Nc2cccc(CO)c2)c2c(Cl)cc(Cl)cc2c1. The van der Waals surface area contributed by atoms with E-state index in [9.17, 15) is 14.7 Å². The molecule has 2 N–H and O–H groups in total. The second-order valence-electron chi connectivity index (χ2n) is 6.15. The van der Waals surface area contributed by atoms with Crippen molar-refractivity contribution in [2.45, 2.75) is 6.61 Å². The molecular weight excluding hydrogens is 417 g/mol. The van der Waals surface area contributed by atoms with E-state index in [2.05, 4.69) is 5.32 Å². The van der Waals surface area contributed by atoms with Gasteiger partial charge in [-0.15, -0.1) is 0 Å². The number of benzene rings is 3. The lowest BCUT2D eigenvalue weighted by Crippen LogP contribution is -2.20. The maximum absolute atomic E-state index is 12.3. The summed E-state index contributed by atoms with van der Waals surface area (Å²) in [7, 11) is 1.27. The molecule has 0 saturated carbocycles. The van der Waals surface area contributed by atoms with E-state index in [1.807, 2.05) is 0 Å². The minimum Gasteiger partial charge on any atom is -0.483 e. The number of anilines is 1. The van der Waals surface area contributed by atoms with E-state index in [-0.39, 0.29) is 24.5 Å². The summed E-state index contributed by atoms with van der Waals surface area (Å²) < 4.78 is 10.4. The van der Waals surface area contributed by atoms with Crippen molar-refractivity contribution in [2.24, 2.45) is 0 Å². The summed E-state index contributed by atoms with van der Waals surface area (Å²) in [6, 6.07) is 13.1. The summed E-state index contributed by atoms with van der Waals surface area (Å²) in [5.41, 5.74) is 1.44. The van der Waals surface area contributed by atoms with Gasteiger partial charge < -0.3 is 19.9 Å². The Hall–Kier alpha value is -2.80. The number of rotatable bonds is 6. The van der Waals surface area contributed by atoms with Crippen LogP contribution in [0.3, 0.4) is 0 Å². The summed E-state index contributed by atoms with van der Waals surface area (Å²) >= 11 is 12.4. The third kappa shape index (κ3) is 4.98. The number of hydrogen-bond donors (Lipinski definition) is 2. The normalized spacial score (nSPS) is 10.6. The quantitative estimate of drug-likeness (QED) is 0.561. The molecule has 6 nitrogen and oxygen atoms in total. The molecule has 0 aromatic heterocycles. The predicted octanol–water partition coefficient (Wildman–Crippen LogP) is 4.44. The van der Waals surface area contributed by atoms with Gasteiger partial charge in [0, 0.05) is 16.1 Å². The van der Waals surface area contributed by atoms with E-state index in [0.29, 0.717) is 32.1 Å². The molecule has 0 radical (unpaired) electrons. The number of fused-ring (bicyclic) bond motifs is 1. The molecule has 0 unspecified atom stereocenters. The molecule has 0 atom stereocenters. The minimum atomic E-state index is -0.557. The number of amides is 1. The van der Waals surface area contributed by atoms with E-state index in [0.717, 1.165) is 0 Å². The Kier molecular flexibility index (Phi) is 6.59. The van der Waals surface area contributed by atoms with Crippen LogP contribution in [0.4, 0.5) is 5.69 Å². The largest absolute Gasteiger partial charge is 0.483 e. The highest BCUT2D eigenvalue weighted by Crippen LogP contribution is 2.36. The van der Waals surface area contributed by atoms with Crippen molar-refractivity contribution in [3.8, 4) is 5.75 Å². The van der Waals surface area contributed by atoms with E-state index in [1.54, 1.807) is 42.5 Å². The van der Waals surface area contributed by atoms with Gasteiger partial charge in [0.05, 0.1) is 24.3 Å². The van der Waals surface area contributed by atoms with Crippen LogP contribution in [0.5, 0.6) is 5.75 Å². The molecule has 150 valence electrons. The van der Waals surface area contributed by atoms with Gasteiger partial charge in [-0.2, -0.15) is 0 Å². The molecule has 0 aliphatic carbocycles. The molecule has 3 aromatic rings. The summed E-state index contributed by atoms with van der Waals surface area (Å²) in [6.45, 7) is -0.449. The Morgan fingerprint density at radius 3 is 2.62 bits per heavy atom. The molecule has 0 heterocycles. The molecule has 0 aliphatic heterocycles. The van der Waals surface area contributed by atoms with Crippen molar-refractivity contribution < 1.29 is 24.2 Å². The van der Waals surface area contributed by atoms with Crippen molar-refractivity contribution in [1.82, 2.24) is 0 Å². The van der Waals surface area contributed by atoms with Crippen LogP contribution in [0.1, 0.15) is 15.9 Å². The second-order valence-corrected chi connectivity index (χ2v) is 6.99. The summed E-state index contributed by atoms with van der Waals surface area (Å²) in [6.07, 6.45) is 0. The highest BCUT2D eigenvalue weighted by molar-refractivity contribution is 6.39. The van der Waals surface area contributed by atoms with Crippen LogP contribution in [0.2, 0.25) is 10.0 Å². The number of carbonyl (C=O) groups excluding carboxylic acids is 2. The van der Waals surface area contributed by atoms with Gasteiger partial charge >= 0.3 is 5.97 Å². The molecule has 1 amide bonds. The van der Waals surface area contributed by atoms with Crippen LogP contribution in [-0.2, 0) is 16.1 Å². The predicted molar refractivity (Wildman–Crippen MR) is 112 cm³/mol. The summed E-state index contributed by atoms with van der Waals surface area (Å²) in [4.78, 5) is 24.3. The van der Waals surface area contributed by atoms with Crippen molar-refractivity contribution in [3.63, 3.8) is 0 Å². The lowest BCUT2D eigenvalue weighted by atomic mass is 10.1. The Morgan fingerprint density at radius 2 is 1.90 bits per heavy atom. The molecule has 0 saturated heterocycles. The van der Waals surface area contributed by atoms with Gasteiger partial charge in [-0.1, -0.05) is 35.3 Å². The number of nitrogens with one attached hydrogen (secondary N) is 1. The first-order valence-electron chi connectivity index (χ1n) is 8.55. The van der Waals surface area contributed by atoms with Gasteiger partial charge in [0.25, 0.3) is 5.91 Å². The average molecular weight is 434 g/mol. The van der Waals surface area contributed by atoms with E-state index < -0.39 is 11.9 Å². The molecule has 8 heteroatoms. The summed E-state index contributed by atoms with van der Waals surface area (Å²) in [5, 5.41) is 13.7. The van der Waals surface area contributed by atoms with Crippen LogP contribution < -0.4 is 10.1 Å². The Bertz CT molecular complexity index is 1080. The maximum atomic E-state index is 12.3. The fourth-order valence-corrected chi connectivity index (χ4v) is 3.43. The number of aliphatic hydroxyl groups excluding tert-OH is 1. The lowest BCUT2D eigenvalue weighted by Gasteiger charge is -2.13. The van der Waals surface area contributed by atoms with Crippen molar-refractivity contribution >= 4 is 51.5 Å². The average Bonchev–Trinajstić information content (AvgIpc) is 2.70. The standard InChI is InChI=1S/C21H17Cl2NO5/c1-28-21(27)14-6-13-7-15(22)9-17(23)20(13)18(8-14)29-11-19(26)24-16-4-2-3-12(5-16)10-25/h2-9,25H,10-11H2,1H3,(H,24,26). The molecule has 0 spiro atoms. The number of aliphatic hydroxyl groups is 1. The fraction of sp³-hybridized carbons (Fsp3) is 0.143. The summed E-state index contributed by atoms with van der Waals surface area (Å²) in [5.74, 6) is -0.719. The fourth-order valence-electron chi connectivity index (χ4n) is 2.83. The maximum Gasteiger partial charge on any atom is 0.338 e. The third-order valence-electron chi connectivity index (χ3n) is 4.10. The number of carbonyl (C=O) groups is 2. The smallest absolute Gasteiger partial charge is 0.338 e. The Morgan fingerprint density at radius 1 is 1.10 bits per heavy atom. The van der Waals surface area contributed by atoms with Crippen molar-refractivity contribution in [1.29, 1.82) is 0 Å². The van der Waals surface area contributed by atoms with Crippen molar-refractivity contribution in [3.05, 3.63) is 69.7 Å². The minimum absolute atomic E-state index is 0.131. The van der Waals surface area contributed by atoms with E-state index >= 15 is 0 Å². The van der Waals surface area contributed by atoms with Crippen LogP contribution in [0, 0.1) is 0 Å². The third-order valence-corrected chi connectivity index (χ3v) is 4.62. The highest BCUT2D eigenvalue weighted by atomic mass is 35.5. The van der Waals surface area contributed by atoms with Crippen molar-refractivity contribution in [2.75, 3.05) is 19.0 Å². The lowest BCUT2D eigenvalue weighted by molar-refractivity contribution is -0.118. The molecule has 29 heavy (non-hydrogen) atoms. The van der Waals surface area contributed by atoms with Gasteiger partial charge in [-0.3, -0.25) is 4.79 Å². The van der Waals surface area contributed by atoms with E-state index in [1.165, 1.54) is 13.2 Å². The molecular formula is C21H17Cl2NO5. The Labute approximate surface area is 176 Å². The zero-order valence-corrected chi connectivity index (χ0v) is 16.9. The van der Waals surface area contributed by atoms with Gasteiger partial charge in [-0.25, -0.2) is 4.79 Å². The first kappa shape index (κ1) is 20.9. The van der Waals surface area contributed by atoms with E-state index in [4.69, 9.17) is 32.7 Å². The van der Waals surface area contributed by atoms with Crippen LogP contribution >= 0.6 is 23.2 Å². The zero-order chi connectivity index (χ0) is 21.0. The molecule has 0 fully saturated rings. The number of ether oxygens (including phenoxy) is 2. The van der Waals surface area contributed by atoms with Gasteiger partial charge in [0.15, 0.2) is 6.61 Å². The number of methoxy groups -OCH3 is 1. The van der Waals surface area contributed by atoms with Crippen LogP contribution in [-0.4, -0.2) is 30.7 Å². The van der Waals surface area contributed by atoms with Crippen LogP contribution in [0.25, 0.3) is 10.8 Å². The Balaban J connectivity index is 1.86. The second kappa shape index (κ2) is 9.13. The molecule has 0 aliphatic rings. The topological polar surface area (TPSA) is 84.9 Å². The number of hydrogen-bond acceptors (Lipinski definition) is 5. The molecule has 3 aromatic carbocycles. The van der Waals surface area contributed by atoms with Gasteiger partial charge in [0.2, 0.25) is 0 Å². The first-order chi connectivity index (χ1) is 13.9.